The van der Waals surface area contributed by atoms with E-state index in [2.05, 4.69) is 15.4 Å². The molecule has 1 unspecified atom stereocenters. The first kappa shape index (κ1) is 19.6. The number of nitrogens with zero attached hydrogens (tertiary/aromatic N) is 4. The minimum absolute atomic E-state index is 0.0821. The summed E-state index contributed by atoms with van der Waals surface area (Å²) in [5, 5.41) is 6.56. The fourth-order valence-corrected chi connectivity index (χ4v) is 2.83. The molecule has 0 fully saturated rings. The van der Waals surface area contributed by atoms with Crippen molar-refractivity contribution in [2.24, 2.45) is 0 Å². The largest absolute Gasteiger partial charge is 0.416 e. The molecule has 3 rings (SSSR count). The highest BCUT2D eigenvalue weighted by atomic mass is 19.4. The first-order valence-corrected chi connectivity index (χ1v) is 8.53. The molecule has 2 heterocycles. The van der Waals surface area contributed by atoms with E-state index in [1.165, 1.54) is 30.6 Å². The van der Waals surface area contributed by atoms with Gasteiger partial charge in [-0.15, -0.1) is 0 Å². The van der Waals surface area contributed by atoms with Crippen molar-refractivity contribution in [2.75, 3.05) is 6.54 Å². The van der Waals surface area contributed by atoms with E-state index in [-0.39, 0.29) is 18.5 Å². The first-order valence-electron chi connectivity index (χ1n) is 8.53. The molecule has 1 aromatic heterocycles. The van der Waals surface area contributed by atoms with Crippen LogP contribution < -0.4 is 5.32 Å². The zero-order chi connectivity index (χ0) is 20.3. The molecule has 0 saturated heterocycles. The smallest absolute Gasteiger partial charge is 0.343 e. The molecule has 1 atom stereocenters. The van der Waals surface area contributed by atoms with Gasteiger partial charge < -0.3 is 10.2 Å². The molecular formula is C18H18F3N5O2. The van der Waals surface area contributed by atoms with E-state index in [9.17, 15) is 22.8 Å². The molecule has 0 radical (unpaired) electrons. The Morgan fingerprint density at radius 1 is 1.29 bits per heavy atom. The van der Waals surface area contributed by atoms with Gasteiger partial charge in [-0.3, -0.25) is 9.59 Å². The van der Waals surface area contributed by atoms with Crippen LogP contribution in [0.5, 0.6) is 0 Å². The predicted octanol–water partition coefficient (Wildman–Crippen LogP) is 1.86. The molecule has 2 amide bonds. The molecular weight excluding hydrogens is 375 g/mol. The maximum atomic E-state index is 12.5. The third-order valence-corrected chi connectivity index (χ3v) is 4.38. The van der Waals surface area contributed by atoms with Crippen molar-refractivity contribution in [1.29, 1.82) is 0 Å². The minimum Gasteiger partial charge on any atom is -0.343 e. The minimum atomic E-state index is -4.40. The highest BCUT2D eigenvalue weighted by Gasteiger charge is 2.30. The van der Waals surface area contributed by atoms with Gasteiger partial charge in [0.2, 0.25) is 11.8 Å². The van der Waals surface area contributed by atoms with Gasteiger partial charge in [0.05, 0.1) is 25.2 Å². The van der Waals surface area contributed by atoms with Crippen LogP contribution in [-0.2, 0) is 28.9 Å². The molecule has 28 heavy (non-hydrogen) atoms. The second kappa shape index (κ2) is 7.83. The fourth-order valence-electron chi connectivity index (χ4n) is 2.83. The quantitative estimate of drug-likeness (QED) is 0.805. The fraction of sp³-hybridized carbons (Fsp3) is 0.333. The lowest BCUT2D eigenvalue weighted by Crippen LogP contribution is -2.48. The van der Waals surface area contributed by atoms with Crippen molar-refractivity contribution in [3.63, 3.8) is 0 Å². The SMILES string of the molecule is CC1Cn2ncnc2CN1C(=O)CNC(=O)/C=C/c1ccc(C(F)(F)F)cc1. The molecule has 10 heteroatoms. The Morgan fingerprint density at radius 2 is 2.00 bits per heavy atom. The number of carbonyl (C=O) groups excluding carboxylic acids is 2. The van der Waals surface area contributed by atoms with E-state index < -0.39 is 17.6 Å². The molecule has 148 valence electrons. The normalized spacial score (nSPS) is 16.9. The lowest BCUT2D eigenvalue weighted by Gasteiger charge is -2.33. The summed E-state index contributed by atoms with van der Waals surface area (Å²) in [6.07, 6.45) is -0.416. The summed E-state index contributed by atoms with van der Waals surface area (Å²) in [4.78, 5) is 30.0. The van der Waals surface area contributed by atoms with E-state index in [1.807, 2.05) is 6.92 Å². The van der Waals surface area contributed by atoms with Gasteiger partial charge in [-0.2, -0.15) is 18.3 Å². The van der Waals surface area contributed by atoms with E-state index >= 15 is 0 Å². The van der Waals surface area contributed by atoms with Crippen molar-refractivity contribution in [3.05, 3.63) is 53.6 Å². The maximum absolute atomic E-state index is 12.5. The number of hydrogen-bond donors (Lipinski definition) is 1. The summed E-state index contributed by atoms with van der Waals surface area (Å²) in [6, 6.07) is 4.34. The third-order valence-electron chi connectivity index (χ3n) is 4.38. The number of halogens is 3. The van der Waals surface area contributed by atoms with Crippen LogP contribution in [0.15, 0.2) is 36.7 Å². The van der Waals surface area contributed by atoms with Gasteiger partial charge in [-0.05, 0) is 30.7 Å². The number of carbonyl (C=O) groups is 2. The van der Waals surface area contributed by atoms with Crippen molar-refractivity contribution in [1.82, 2.24) is 25.0 Å². The van der Waals surface area contributed by atoms with Crippen molar-refractivity contribution >= 4 is 17.9 Å². The maximum Gasteiger partial charge on any atom is 0.416 e. The van der Waals surface area contributed by atoms with Crippen LogP contribution in [0.4, 0.5) is 13.2 Å². The van der Waals surface area contributed by atoms with Gasteiger partial charge >= 0.3 is 6.18 Å². The van der Waals surface area contributed by atoms with Gasteiger partial charge in [0, 0.05) is 12.1 Å². The van der Waals surface area contributed by atoms with Crippen LogP contribution in [0.3, 0.4) is 0 Å². The van der Waals surface area contributed by atoms with E-state index in [0.717, 1.165) is 12.1 Å². The van der Waals surface area contributed by atoms with Crippen LogP contribution in [0.1, 0.15) is 23.9 Å². The molecule has 0 bridgehead atoms. The Morgan fingerprint density at radius 3 is 2.68 bits per heavy atom. The molecule has 0 aliphatic carbocycles. The van der Waals surface area contributed by atoms with Crippen LogP contribution in [-0.4, -0.2) is 44.1 Å². The molecule has 0 spiro atoms. The average molecular weight is 393 g/mol. The van der Waals surface area contributed by atoms with Crippen molar-refractivity contribution < 1.29 is 22.8 Å². The monoisotopic (exact) mass is 393 g/mol. The Balaban J connectivity index is 1.51. The molecule has 1 N–H and O–H groups in total. The number of benzene rings is 1. The standard InChI is InChI=1S/C18H18F3N5O2/c1-12-9-26-15(23-11-24-26)10-25(12)17(28)8-22-16(27)7-4-13-2-5-14(6-3-13)18(19,20)21/h2-7,11-12H,8-10H2,1H3,(H,22,27)/b7-4+. The first-order chi connectivity index (χ1) is 13.2. The van der Waals surface area contributed by atoms with Crippen molar-refractivity contribution in [3.8, 4) is 0 Å². The van der Waals surface area contributed by atoms with Gasteiger partial charge in [-0.1, -0.05) is 12.1 Å². The lowest BCUT2D eigenvalue weighted by molar-refractivity contribution is -0.137. The van der Waals surface area contributed by atoms with Crippen LogP contribution in [0.25, 0.3) is 6.08 Å². The molecule has 1 aromatic carbocycles. The molecule has 2 aromatic rings. The second-order valence-electron chi connectivity index (χ2n) is 6.40. The number of hydrogen-bond acceptors (Lipinski definition) is 4. The topological polar surface area (TPSA) is 80.1 Å². The number of fused-ring (bicyclic) bond motifs is 1. The van der Waals surface area contributed by atoms with Gasteiger partial charge in [0.15, 0.2) is 0 Å². The Kier molecular flexibility index (Phi) is 5.48. The third kappa shape index (κ3) is 4.56. The second-order valence-corrected chi connectivity index (χ2v) is 6.40. The van der Waals surface area contributed by atoms with Crippen LogP contribution in [0.2, 0.25) is 0 Å². The Hall–Kier alpha value is -3.17. The van der Waals surface area contributed by atoms with E-state index in [0.29, 0.717) is 24.5 Å². The summed E-state index contributed by atoms with van der Waals surface area (Å²) in [7, 11) is 0. The molecule has 7 nitrogen and oxygen atoms in total. The molecule has 0 saturated carbocycles. The van der Waals surface area contributed by atoms with Crippen molar-refractivity contribution in [2.45, 2.75) is 32.2 Å². The summed E-state index contributed by atoms with van der Waals surface area (Å²) in [5.74, 6) is -0.0842. The highest BCUT2D eigenvalue weighted by molar-refractivity contribution is 5.94. The van der Waals surface area contributed by atoms with E-state index in [4.69, 9.17) is 0 Å². The summed E-state index contributed by atoms with van der Waals surface area (Å²) in [5.41, 5.74) is -0.315. The lowest BCUT2D eigenvalue weighted by atomic mass is 10.1. The zero-order valence-electron chi connectivity index (χ0n) is 15.0. The summed E-state index contributed by atoms with van der Waals surface area (Å²) in [6.45, 7) is 2.55. The number of rotatable bonds is 4. The van der Waals surface area contributed by atoms with Crippen LogP contribution in [0, 0.1) is 0 Å². The number of nitrogens with one attached hydrogen (secondary N) is 1. The van der Waals surface area contributed by atoms with Crippen LogP contribution >= 0.6 is 0 Å². The zero-order valence-corrected chi connectivity index (χ0v) is 15.0. The highest BCUT2D eigenvalue weighted by Crippen LogP contribution is 2.29. The van der Waals surface area contributed by atoms with Gasteiger partial charge in [0.25, 0.3) is 0 Å². The summed E-state index contributed by atoms with van der Waals surface area (Å²) >= 11 is 0. The molecule has 1 aliphatic rings. The Labute approximate surface area is 158 Å². The number of aromatic nitrogens is 3. The van der Waals surface area contributed by atoms with E-state index in [1.54, 1.807) is 9.58 Å². The average Bonchev–Trinajstić information content (AvgIpc) is 3.10. The van der Waals surface area contributed by atoms with Gasteiger partial charge in [0.1, 0.15) is 12.2 Å². The predicted molar refractivity (Wildman–Crippen MR) is 93.5 cm³/mol. The number of amides is 2. The molecule has 1 aliphatic heterocycles. The number of alkyl halides is 3. The Bertz CT molecular complexity index is 889. The summed E-state index contributed by atoms with van der Waals surface area (Å²) < 4.78 is 39.3. The van der Waals surface area contributed by atoms with Gasteiger partial charge in [-0.25, -0.2) is 9.67 Å².